The summed E-state index contributed by atoms with van der Waals surface area (Å²) in [4.78, 5) is 16.1. The molecular weight excluding hydrogens is 424 g/mol. The lowest BCUT2D eigenvalue weighted by Gasteiger charge is -2.17. The molecule has 0 spiro atoms. The van der Waals surface area contributed by atoms with Gasteiger partial charge in [-0.2, -0.15) is 4.31 Å². The average Bonchev–Trinajstić information content (AvgIpc) is 2.75. The molecule has 0 bridgehead atoms. The molecule has 7 nitrogen and oxygen atoms in total. The van der Waals surface area contributed by atoms with Crippen molar-refractivity contribution in [2.24, 2.45) is 0 Å². The zero-order valence-electron chi connectivity index (χ0n) is 16.2. The Labute approximate surface area is 180 Å². The Morgan fingerprint density at radius 3 is 2.37 bits per heavy atom. The van der Waals surface area contributed by atoms with Crippen LogP contribution in [0.25, 0.3) is 0 Å². The van der Waals surface area contributed by atoms with Crippen LogP contribution in [0, 0.1) is 0 Å². The Kier molecular flexibility index (Phi) is 7.04. The number of carbonyl (C=O) groups excluding carboxylic acids is 1. The molecule has 0 saturated heterocycles. The molecule has 1 heterocycles. The Bertz CT molecular complexity index is 1090. The number of amides is 2. The molecule has 0 aliphatic heterocycles. The van der Waals surface area contributed by atoms with Crippen molar-refractivity contribution in [3.63, 3.8) is 0 Å². The Balaban J connectivity index is 1.59. The van der Waals surface area contributed by atoms with E-state index in [1.807, 2.05) is 6.07 Å². The Morgan fingerprint density at radius 1 is 1.03 bits per heavy atom. The van der Waals surface area contributed by atoms with E-state index in [9.17, 15) is 13.2 Å². The molecule has 0 fully saturated rings. The minimum Gasteiger partial charge on any atom is -0.334 e. The van der Waals surface area contributed by atoms with Crippen molar-refractivity contribution >= 4 is 33.3 Å². The van der Waals surface area contributed by atoms with Crippen LogP contribution in [0.5, 0.6) is 0 Å². The molecule has 0 aliphatic rings. The van der Waals surface area contributed by atoms with Gasteiger partial charge in [0.15, 0.2) is 0 Å². The van der Waals surface area contributed by atoms with E-state index in [1.165, 1.54) is 23.5 Å². The second kappa shape index (κ2) is 9.71. The molecule has 0 radical (unpaired) electrons. The van der Waals surface area contributed by atoms with Gasteiger partial charge < -0.3 is 10.6 Å². The Hall–Kier alpha value is -2.94. The van der Waals surface area contributed by atoms with Gasteiger partial charge >= 0.3 is 6.03 Å². The lowest BCUT2D eigenvalue weighted by Crippen LogP contribution is -2.28. The van der Waals surface area contributed by atoms with Gasteiger partial charge in [-0.1, -0.05) is 29.8 Å². The van der Waals surface area contributed by atoms with Crippen molar-refractivity contribution in [3.05, 3.63) is 89.2 Å². The van der Waals surface area contributed by atoms with E-state index in [1.54, 1.807) is 54.9 Å². The molecule has 3 rings (SSSR count). The van der Waals surface area contributed by atoms with E-state index in [4.69, 9.17) is 11.6 Å². The van der Waals surface area contributed by atoms with E-state index < -0.39 is 16.1 Å². The first kappa shape index (κ1) is 21.8. The fourth-order valence-electron chi connectivity index (χ4n) is 2.68. The smallest absolute Gasteiger partial charge is 0.319 e. The first-order valence-corrected chi connectivity index (χ1v) is 10.9. The van der Waals surface area contributed by atoms with Crippen LogP contribution < -0.4 is 10.6 Å². The summed E-state index contributed by atoms with van der Waals surface area (Å²) >= 11 is 5.87. The molecule has 2 N–H and O–H groups in total. The number of benzene rings is 2. The zero-order valence-corrected chi connectivity index (χ0v) is 17.8. The molecule has 0 atom stereocenters. The maximum Gasteiger partial charge on any atom is 0.319 e. The van der Waals surface area contributed by atoms with Crippen LogP contribution in [0.3, 0.4) is 0 Å². The summed E-state index contributed by atoms with van der Waals surface area (Å²) in [6.07, 6.45) is 3.33. The maximum absolute atomic E-state index is 12.8. The van der Waals surface area contributed by atoms with Crippen LogP contribution in [0.4, 0.5) is 10.5 Å². The fourth-order valence-corrected chi connectivity index (χ4v) is 3.97. The number of aromatic nitrogens is 1. The van der Waals surface area contributed by atoms with E-state index in [0.717, 1.165) is 11.1 Å². The number of halogens is 1. The highest BCUT2D eigenvalue weighted by atomic mass is 35.5. The van der Waals surface area contributed by atoms with E-state index in [2.05, 4.69) is 15.6 Å². The topological polar surface area (TPSA) is 91.4 Å². The van der Waals surface area contributed by atoms with Crippen molar-refractivity contribution < 1.29 is 13.2 Å². The summed E-state index contributed by atoms with van der Waals surface area (Å²) in [5.41, 5.74) is 2.19. The van der Waals surface area contributed by atoms with Crippen LogP contribution in [0.1, 0.15) is 11.1 Å². The van der Waals surface area contributed by atoms with E-state index >= 15 is 0 Å². The lowest BCUT2D eigenvalue weighted by atomic mass is 10.2. The van der Waals surface area contributed by atoms with Crippen molar-refractivity contribution in [1.82, 2.24) is 14.6 Å². The molecule has 156 valence electrons. The highest BCUT2D eigenvalue weighted by Gasteiger charge is 2.21. The summed E-state index contributed by atoms with van der Waals surface area (Å²) < 4.78 is 26.8. The predicted octanol–water partition coefficient (Wildman–Crippen LogP) is 3.88. The summed E-state index contributed by atoms with van der Waals surface area (Å²) in [6, 6.07) is 16.3. The molecule has 0 saturated carbocycles. The molecule has 30 heavy (non-hydrogen) atoms. The van der Waals surface area contributed by atoms with E-state index in [-0.39, 0.29) is 11.4 Å². The molecule has 2 aromatic carbocycles. The molecule has 3 aromatic rings. The minimum atomic E-state index is -3.67. The molecule has 1 aromatic heterocycles. The Morgan fingerprint density at radius 2 is 1.73 bits per heavy atom. The van der Waals surface area contributed by atoms with Gasteiger partial charge in [0.2, 0.25) is 10.0 Å². The summed E-state index contributed by atoms with van der Waals surface area (Å²) in [5.74, 6) is 0. The predicted molar refractivity (Wildman–Crippen MR) is 117 cm³/mol. The minimum absolute atomic E-state index is 0.139. The molecule has 0 unspecified atom stereocenters. The van der Waals surface area contributed by atoms with Crippen LogP contribution in [0.15, 0.2) is 78.0 Å². The average molecular weight is 445 g/mol. The SMILES string of the molecule is CN(Cc1ccc(Cl)cc1)S(=O)(=O)c1ccc(NC(=O)NCc2cccnc2)cc1. The van der Waals surface area contributed by atoms with Crippen LogP contribution >= 0.6 is 11.6 Å². The van der Waals surface area contributed by atoms with Gasteiger partial charge in [-0.3, -0.25) is 4.98 Å². The summed E-state index contributed by atoms with van der Waals surface area (Å²) in [5, 5.41) is 5.98. The second-order valence-electron chi connectivity index (χ2n) is 6.58. The van der Waals surface area contributed by atoms with Crippen LogP contribution in [-0.2, 0) is 23.1 Å². The van der Waals surface area contributed by atoms with Gasteiger partial charge in [-0.25, -0.2) is 13.2 Å². The molecule has 2 amide bonds. The number of carbonyl (C=O) groups is 1. The van der Waals surface area contributed by atoms with Gasteiger partial charge in [0, 0.05) is 43.2 Å². The number of urea groups is 1. The summed E-state index contributed by atoms with van der Waals surface area (Å²) in [6.45, 7) is 0.553. The number of pyridine rings is 1. The maximum atomic E-state index is 12.8. The number of sulfonamides is 1. The van der Waals surface area contributed by atoms with Gasteiger partial charge in [-0.15, -0.1) is 0 Å². The van der Waals surface area contributed by atoms with Gasteiger partial charge in [0.25, 0.3) is 0 Å². The largest absolute Gasteiger partial charge is 0.334 e. The normalized spacial score (nSPS) is 11.3. The molecular formula is C21H21ClN4O3S. The van der Waals surface area contributed by atoms with Crippen molar-refractivity contribution in [2.75, 3.05) is 12.4 Å². The zero-order chi connectivity index (χ0) is 21.6. The lowest BCUT2D eigenvalue weighted by molar-refractivity contribution is 0.251. The van der Waals surface area contributed by atoms with Crippen molar-refractivity contribution in [1.29, 1.82) is 0 Å². The summed E-state index contributed by atoms with van der Waals surface area (Å²) in [7, 11) is -2.16. The first-order valence-electron chi connectivity index (χ1n) is 9.09. The number of hydrogen-bond donors (Lipinski definition) is 2. The van der Waals surface area contributed by atoms with Gasteiger partial charge in [0.05, 0.1) is 4.90 Å². The van der Waals surface area contributed by atoms with Crippen molar-refractivity contribution in [3.8, 4) is 0 Å². The highest BCUT2D eigenvalue weighted by Crippen LogP contribution is 2.20. The third kappa shape index (κ3) is 5.79. The fraction of sp³-hybridized carbons (Fsp3) is 0.143. The van der Waals surface area contributed by atoms with Crippen LogP contribution in [0.2, 0.25) is 5.02 Å². The van der Waals surface area contributed by atoms with E-state index in [0.29, 0.717) is 17.3 Å². The number of nitrogens with zero attached hydrogens (tertiary/aromatic N) is 2. The molecule has 9 heteroatoms. The first-order chi connectivity index (χ1) is 14.3. The number of anilines is 1. The third-order valence-electron chi connectivity index (χ3n) is 4.31. The number of rotatable bonds is 7. The number of hydrogen-bond acceptors (Lipinski definition) is 4. The third-order valence-corrected chi connectivity index (χ3v) is 6.38. The molecule has 0 aliphatic carbocycles. The highest BCUT2D eigenvalue weighted by molar-refractivity contribution is 7.89. The van der Waals surface area contributed by atoms with Crippen LogP contribution in [-0.4, -0.2) is 30.8 Å². The number of nitrogens with one attached hydrogen (secondary N) is 2. The second-order valence-corrected chi connectivity index (χ2v) is 9.06. The van der Waals surface area contributed by atoms with Gasteiger partial charge in [0.1, 0.15) is 0 Å². The quantitative estimate of drug-likeness (QED) is 0.578. The monoisotopic (exact) mass is 444 g/mol. The van der Waals surface area contributed by atoms with Crippen molar-refractivity contribution in [2.45, 2.75) is 18.0 Å². The van der Waals surface area contributed by atoms with Gasteiger partial charge in [-0.05, 0) is 53.6 Å². The standard InChI is InChI=1S/C21H21ClN4O3S/c1-26(15-16-4-6-18(22)7-5-16)30(28,29)20-10-8-19(9-11-20)25-21(27)24-14-17-3-2-12-23-13-17/h2-13H,14-15H2,1H3,(H2,24,25,27).